The van der Waals surface area contributed by atoms with Crippen LogP contribution in [0.25, 0.3) is 10.9 Å². The number of benzene rings is 2. The minimum absolute atomic E-state index is 0.0524. The molecule has 442 valence electrons. The molecule has 0 bridgehead atoms. The molecule has 0 aliphatic carbocycles. The highest BCUT2D eigenvalue weighted by Crippen LogP contribution is 2.41. The highest BCUT2D eigenvalue weighted by Gasteiger charge is 2.43. The third-order valence-electron chi connectivity index (χ3n) is 16.8. The van der Waals surface area contributed by atoms with Crippen LogP contribution in [-0.4, -0.2) is 206 Å². The zero-order valence-corrected chi connectivity index (χ0v) is 49.7. The Hall–Kier alpha value is -7.41. The molecule has 3 atom stereocenters. The van der Waals surface area contributed by atoms with E-state index in [9.17, 15) is 32.3 Å². The van der Waals surface area contributed by atoms with Crippen molar-refractivity contribution >= 4 is 61.8 Å². The van der Waals surface area contributed by atoms with Crippen LogP contribution in [0.5, 0.6) is 5.75 Å². The number of carboxylic acid groups (broad SMARTS) is 1. The van der Waals surface area contributed by atoms with Crippen molar-refractivity contribution in [2.24, 2.45) is 0 Å². The Bertz CT molecular complexity index is 3480. The molecule has 24 heteroatoms. The molecule has 4 aliphatic rings. The molecule has 0 saturated carbocycles. The normalized spacial score (nSPS) is 20.0. The Balaban J connectivity index is 0.711. The summed E-state index contributed by atoms with van der Waals surface area (Å²) in [4.78, 5) is 77.8. The fraction of sp³-hybridized carbons (Fsp3) is 0.508. The number of halogens is 1. The fourth-order valence-electron chi connectivity index (χ4n) is 11.6. The van der Waals surface area contributed by atoms with E-state index in [4.69, 9.17) is 14.7 Å². The van der Waals surface area contributed by atoms with Crippen LogP contribution in [0.3, 0.4) is 0 Å². The number of hydrogen-bond donors (Lipinski definition) is 3. The summed E-state index contributed by atoms with van der Waals surface area (Å²) in [7, 11) is -3.85. The summed E-state index contributed by atoms with van der Waals surface area (Å²) in [5.41, 5.74) is 5.66. The van der Waals surface area contributed by atoms with E-state index >= 15 is 0 Å². The molecule has 83 heavy (non-hydrogen) atoms. The molecule has 0 radical (unpaired) electrons. The van der Waals surface area contributed by atoms with Crippen molar-refractivity contribution in [2.45, 2.75) is 108 Å². The Kier molecular flexibility index (Phi) is 16.8. The number of fused-ring (bicyclic) bond motifs is 2. The first kappa shape index (κ1) is 58.8. The molecule has 8 heterocycles. The van der Waals surface area contributed by atoms with E-state index in [0.717, 1.165) is 33.8 Å². The topological polar surface area (TPSA) is 243 Å². The summed E-state index contributed by atoms with van der Waals surface area (Å²) in [6.45, 7) is 24.0. The maximum absolute atomic E-state index is 14.5. The summed E-state index contributed by atoms with van der Waals surface area (Å²) in [6, 6.07) is 11.2. The van der Waals surface area contributed by atoms with Crippen LogP contribution in [0.2, 0.25) is 0 Å². The maximum atomic E-state index is 14.5. The Morgan fingerprint density at radius 2 is 1.63 bits per heavy atom. The van der Waals surface area contributed by atoms with Crippen LogP contribution < -0.4 is 19.9 Å². The van der Waals surface area contributed by atoms with Crippen molar-refractivity contribution in [3.8, 4) is 5.75 Å². The van der Waals surface area contributed by atoms with Gasteiger partial charge in [-0.15, -0.1) is 0 Å². The van der Waals surface area contributed by atoms with Gasteiger partial charge >= 0.3 is 6.09 Å². The third-order valence-corrected chi connectivity index (χ3v) is 19.3. The number of nitrogens with one attached hydrogen (secondary N) is 2. The maximum Gasteiger partial charge on any atom is 0.407 e. The zero-order chi connectivity index (χ0) is 59.1. The van der Waals surface area contributed by atoms with Crippen LogP contribution in [0.1, 0.15) is 93.5 Å². The van der Waals surface area contributed by atoms with E-state index in [0.29, 0.717) is 113 Å². The zero-order valence-electron chi connectivity index (χ0n) is 48.9. The monoisotopic (exact) mass is 1160 g/mol. The number of piperazine rings is 3. The minimum Gasteiger partial charge on any atom is -0.492 e. The molecular formula is C59H76FN15O7S. The second-order valence-corrected chi connectivity index (χ2v) is 26.9. The largest absolute Gasteiger partial charge is 0.492 e. The van der Waals surface area contributed by atoms with E-state index in [1.807, 2.05) is 37.9 Å². The average Bonchev–Trinajstić information content (AvgIpc) is 4.18. The molecule has 4 aromatic heterocycles. The van der Waals surface area contributed by atoms with Crippen LogP contribution in [0.4, 0.5) is 32.3 Å². The van der Waals surface area contributed by atoms with Gasteiger partial charge in [-0.3, -0.25) is 34.4 Å². The molecule has 6 aromatic rings. The molecule has 0 spiro atoms. The van der Waals surface area contributed by atoms with Crippen LogP contribution in [-0.2, 0) is 26.5 Å². The lowest BCUT2D eigenvalue weighted by atomic mass is 9.91. The first-order valence-corrected chi connectivity index (χ1v) is 30.0. The summed E-state index contributed by atoms with van der Waals surface area (Å²) in [6.07, 6.45) is 6.65. The number of anilines is 4. The second kappa shape index (κ2) is 23.7. The Labute approximate surface area is 484 Å². The molecule has 3 amide bonds. The van der Waals surface area contributed by atoms with Crippen molar-refractivity contribution < 1.29 is 37.0 Å². The van der Waals surface area contributed by atoms with Crippen molar-refractivity contribution in [1.29, 1.82) is 0 Å². The van der Waals surface area contributed by atoms with Crippen molar-refractivity contribution in [3.63, 3.8) is 0 Å². The highest BCUT2D eigenvalue weighted by atomic mass is 32.2. The van der Waals surface area contributed by atoms with Crippen molar-refractivity contribution in [1.82, 2.24) is 59.6 Å². The first-order chi connectivity index (χ1) is 39.4. The first-order valence-electron chi connectivity index (χ1n) is 28.5. The SMILES string of the molecule is Cc1n[nH]c(Nc2ncnc3cc(OCCCN4CCN(C(=O)c5cnc(N6CCN(C[C@H]7CN(C(=O)O)[C@H](C)CN7CC(=O)N7CC(C)(C)c8ncc(Cc9ccc(F)cc9)cc87)[C@H](C)C6)cn5)CC4)c(S(=O)(=O)C(C)(C)C)cc23)c1C. The van der Waals surface area contributed by atoms with Gasteiger partial charge in [-0.1, -0.05) is 26.0 Å². The molecule has 2 aromatic carbocycles. The van der Waals surface area contributed by atoms with Gasteiger partial charge in [-0.05, 0) is 96.7 Å². The summed E-state index contributed by atoms with van der Waals surface area (Å²) >= 11 is 0. The van der Waals surface area contributed by atoms with Crippen molar-refractivity contribution in [2.75, 3.05) is 107 Å². The molecule has 0 unspecified atom stereocenters. The van der Waals surface area contributed by atoms with Crippen LogP contribution in [0.15, 0.2) is 72.3 Å². The summed E-state index contributed by atoms with van der Waals surface area (Å²) < 4.78 is 46.8. The number of sulfone groups is 1. The van der Waals surface area contributed by atoms with Gasteiger partial charge in [-0.25, -0.2) is 37.5 Å². The predicted molar refractivity (Wildman–Crippen MR) is 314 cm³/mol. The van der Waals surface area contributed by atoms with Gasteiger partial charge in [0, 0.05) is 125 Å². The summed E-state index contributed by atoms with van der Waals surface area (Å²) in [5, 5.41) is 21.2. The van der Waals surface area contributed by atoms with Gasteiger partial charge in [0.1, 0.15) is 45.9 Å². The number of carbonyl (C=O) groups excluding carboxylic acids is 2. The number of carbonyl (C=O) groups is 3. The van der Waals surface area contributed by atoms with Crippen LogP contribution >= 0.6 is 0 Å². The Morgan fingerprint density at radius 1 is 0.867 bits per heavy atom. The molecule has 3 N–H and O–H groups in total. The fourth-order valence-corrected chi connectivity index (χ4v) is 12.9. The molecular weight excluding hydrogens is 1080 g/mol. The molecule has 22 nitrogen and oxygen atoms in total. The van der Waals surface area contributed by atoms with Crippen LogP contribution in [0, 0.1) is 19.7 Å². The number of nitrogens with zero attached hydrogens (tertiary/aromatic N) is 13. The van der Waals surface area contributed by atoms with Gasteiger partial charge in [0.25, 0.3) is 5.91 Å². The number of hydrogen-bond acceptors (Lipinski definition) is 17. The van der Waals surface area contributed by atoms with Crippen molar-refractivity contribution in [3.05, 3.63) is 107 Å². The quantitative estimate of drug-likeness (QED) is 0.0899. The smallest absolute Gasteiger partial charge is 0.407 e. The van der Waals surface area contributed by atoms with E-state index in [-0.39, 0.29) is 77.2 Å². The summed E-state index contributed by atoms with van der Waals surface area (Å²) in [5.74, 6) is 1.43. The number of H-pyrrole nitrogens is 1. The highest BCUT2D eigenvalue weighted by molar-refractivity contribution is 7.92. The minimum atomic E-state index is -3.85. The van der Waals surface area contributed by atoms with Gasteiger partial charge < -0.3 is 34.8 Å². The molecule has 3 saturated heterocycles. The third kappa shape index (κ3) is 12.6. The lowest BCUT2D eigenvalue weighted by Crippen LogP contribution is -2.64. The standard InChI is InChI=1S/C59H76FN15O7S/c1-37-30-72(21-20-71(37)32-44-33-74(57(78)79)38(2)31-73(44)34-52(76)75-35-59(8,9)53-48(75)24-42(27-63-53)23-41-11-13-43(60)14-12-41)51-29-61-47(28-62-51)56(77)70-18-16-69(17-19-70)15-10-22-82-49-26-46-45(25-50(49)83(80,81)58(5,6)7)55(65-36-64-46)66-54-39(3)40(4)67-68-54/h11-14,24-29,36-38,44H,10,15-23,30-35H2,1-9H3,(H,78,79)(H2,64,65,66,67,68)/t37-,38-,44+/m1/s1. The van der Waals surface area contributed by atoms with E-state index < -0.39 is 20.7 Å². The molecule has 3 fully saturated rings. The lowest BCUT2D eigenvalue weighted by molar-refractivity contribution is -0.121. The molecule has 10 rings (SSSR count). The average molecular weight is 1160 g/mol. The van der Waals surface area contributed by atoms with E-state index in [1.54, 1.807) is 62.3 Å². The van der Waals surface area contributed by atoms with E-state index in [1.165, 1.54) is 23.4 Å². The number of rotatable bonds is 16. The number of aryl methyl sites for hydroxylation is 1. The predicted octanol–water partition coefficient (Wildman–Crippen LogP) is 6.31. The lowest BCUT2D eigenvalue weighted by Gasteiger charge is -2.48. The number of aromatic nitrogens is 7. The van der Waals surface area contributed by atoms with Gasteiger partial charge in [0.05, 0.1) is 52.9 Å². The Morgan fingerprint density at radius 3 is 2.30 bits per heavy atom. The number of amides is 3. The van der Waals surface area contributed by atoms with Gasteiger partial charge in [0.15, 0.2) is 9.84 Å². The van der Waals surface area contributed by atoms with Gasteiger partial charge in [0.2, 0.25) is 5.91 Å². The number of ether oxygens (including phenoxy) is 1. The second-order valence-electron chi connectivity index (χ2n) is 24.2. The molecule has 4 aliphatic heterocycles. The van der Waals surface area contributed by atoms with Gasteiger partial charge in [-0.2, -0.15) is 5.10 Å². The number of aromatic amines is 1. The van der Waals surface area contributed by atoms with E-state index in [2.05, 4.69) is 70.8 Å². The number of pyridine rings is 1.